The van der Waals surface area contributed by atoms with Gasteiger partial charge in [0.05, 0.1) is 24.1 Å². The number of nitrogens with zero attached hydrogens (tertiary/aromatic N) is 2. The van der Waals surface area contributed by atoms with E-state index in [1.165, 1.54) is 0 Å². The molecule has 0 saturated carbocycles. The lowest BCUT2D eigenvalue weighted by Crippen LogP contribution is -2.28. The predicted molar refractivity (Wildman–Crippen MR) is 103 cm³/mol. The van der Waals surface area contributed by atoms with Gasteiger partial charge in [0.25, 0.3) is 0 Å². The minimum Gasteiger partial charge on any atom is -0.465 e. The molecule has 1 amide bonds. The zero-order valence-corrected chi connectivity index (χ0v) is 15.4. The summed E-state index contributed by atoms with van der Waals surface area (Å²) in [5.74, 6) is 0.425. The molecule has 0 aliphatic carbocycles. The van der Waals surface area contributed by atoms with Crippen LogP contribution in [-0.2, 0) is 33.7 Å². The Morgan fingerprint density at radius 2 is 1.81 bits per heavy atom. The highest BCUT2D eigenvalue weighted by molar-refractivity contribution is 5.79. The molecule has 0 bridgehead atoms. The maximum Gasteiger partial charge on any atom is 0.326 e. The fourth-order valence-electron chi connectivity index (χ4n) is 2.99. The average molecular weight is 365 g/mol. The predicted octanol–water partition coefficient (Wildman–Crippen LogP) is 2.50. The van der Waals surface area contributed by atoms with E-state index < -0.39 is 0 Å². The Labute approximate surface area is 158 Å². The van der Waals surface area contributed by atoms with E-state index in [1.807, 2.05) is 59.2 Å². The van der Waals surface area contributed by atoms with Crippen LogP contribution in [0.1, 0.15) is 18.3 Å². The molecule has 1 N–H and O–H groups in total. The number of esters is 1. The standard InChI is InChI=1S/C21H23N3O3/c1-2-27-21(26)15-24-18-11-7-6-10-17(18)23-19(24)12-13-22-20(25)14-16-8-4-3-5-9-16/h3-11H,2,12-15H2,1H3,(H,22,25). The monoisotopic (exact) mass is 365 g/mol. The summed E-state index contributed by atoms with van der Waals surface area (Å²) in [5, 5.41) is 2.92. The molecule has 3 aromatic rings. The number of benzene rings is 2. The molecular weight excluding hydrogens is 342 g/mol. The summed E-state index contributed by atoms with van der Waals surface area (Å²) >= 11 is 0. The first kappa shape index (κ1) is 18.6. The Bertz CT molecular complexity index is 919. The summed E-state index contributed by atoms with van der Waals surface area (Å²) in [5.41, 5.74) is 2.69. The van der Waals surface area contributed by atoms with Crippen molar-refractivity contribution in [1.82, 2.24) is 14.9 Å². The molecule has 0 saturated heterocycles. The Kier molecular flexibility index (Phi) is 6.20. The lowest BCUT2D eigenvalue weighted by Gasteiger charge is -2.09. The van der Waals surface area contributed by atoms with Crippen LogP contribution in [0.5, 0.6) is 0 Å². The third-order valence-corrected chi connectivity index (χ3v) is 4.20. The number of para-hydroxylation sites is 2. The highest BCUT2D eigenvalue weighted by Crippen LogP contribution is 2.16. The van der Waals surface area contributed by atoms with Crippen LogP contribution in [0.15, 0.2) is 54.6 Å². The van der Waals surface area contributed by atoms with Crippen LogP contribution < -0.4 is 5.32 Å². The molecule has 0 fully saturated rings. The van der Waals surface area contributed by atoms with Crippen LogP contribution in [0.3, 0.4) is 0 Å². The quantitative estimate of drug-likeness (QED) is 0.623. The van der Waals surface area contributed by atoms with Crippen molar-refractivity contribution in [3.63, 3.8) is 0 Å². The number of imidazole rings is 1. The van der Waals surface area contributed by atoms with Crippen molar-refractivity contribution in [1.29, 1.82) is 0 Å². The van der Waals surface area contributed by atoms with E-state index in [0.717, 1.165) is 22.4 Å². The molecule has 1 aromatic heterocycles. The van der Waals surface area contributed by atoms with Gasteiger partial charge in [0.2, 0.25) is 5.91 Å². The van der Waals surface area contributed by atoms with Crippen molar-refractivity contribution in [2.75, 3.05) is 13.2 Å². The molecule has 6 heteroatoms. The molecule has 0 radical (unpaired) electrons. The SMILES string of the molecule is CCOC(=O)Cn1c(CCNC(=O)Cc2ccccc2)nc2ccccc21. The molecule has 6 nitrogen and oxygen atoms in total. The number of nitrogens with one attached hydrogen (secondary N) is 1. The largest absolute Gasteiger partial charge is 0.465 e. The fraction of sp³-hybridized carbons (Fsp3) is 0.286. The summed E-state index contributed by atoms with van der Waals surface area (Å²) in [6, 6.07) is 17.3. The molecular formula is C21H23N3O3. The van der Waals surface area contributed by atoms with Gasteiger partial charge in [0, 0.05) is 13.0 Å². The number of ether oxygens (including phenoxy) is 1. The maximum absolute atomic E-state index is 12.1. The van der Waals surface area contributed by atoms with Gasteiger partial charge in [-0.2, -0.15) is 0 Å². The zero-order valence-electron chi connectivity index (χ0n) is 15.4. The van der Waals surface area contributed by atoms with Crippen LogP contribution in [-0.4, -0.2) is 34.6 Å². The van der Waals surface area contributed by atoms with E-state index in [2.05, 4.69) is 10.3 Å². The Morgan fingerprint density at radius 1 is 1.07 bits per heavy atom. The van der Waals surface area contributed by atoms with Crippen LogP contribution >= 0.6 is 0 Å². The van der Waals surface area contributed by atoms with Crippen LogP contribution in [0.4, 0.5) is 0 Å². The first-order valence-corrected chi connectivity index (χ1v) is 9.07. The molecule has 3 rings (SSSR count). The molecule has 0 spiro atoms. The van der Waals surface area contributed by atoms with Crippen molar-refractivity contribution in [2.45, 2.75) is 26.3 Å². The van der Waals surface area contributed by atoms with Gasteiger partial charge in [0.1, 0.15) is 12.4 Å². The zero-order chi connectivity index (χ0) is 19.1. The Hall–Kier alpha value is -3.15. The molecule has 27 heavy (non-hydrogen) atoms. The molecule has 2 aromatic carbocycles. The molecule has 0 aliphatic heterocycles. The van der Waals surface area contributed by atoms with Crippen molar-refractivity contribution < 1.29 is 14.3 Å². The minimum atomic E-state index is -0.296. The van der Waals surface area contributed by atoms with Crippen LogP contribution in [0.2, 0.25) is 0 Å². The topological polar surface area (TPSA) is 73.2 Å². The first-order chi connectivity index (χ1) is 13.2. The number of carbonyl (C=O) groups excluding carboxylic acids is 2. The molecule has 0 atom stereocenters. The Morgan fingerprint density at radius 3 is 2.59 bits per heavy atom. The summed E-state index contributed by atoms with van der Waals surface area (Å²) in [6.45, 7) is 2.70. The van der Waals surface area contributed by atoms with E-state index in [9.17, 15) is 9.59 Å². The van der Waals surface area contributed by atoms with Gasteiger partial charge >= 0.3 is 5.97 Å². The van der Waals surface area contributed by atoms with E-state index >= 15 is 0 Å². The van der Waals surface area contributed by atoms with Crippen molar-refractivity contribution in [2.24, 2.45) is 0 Å². The third-order valence-electron chi connectivity index (χ3n) is 4.20. The highest BCUT2D eigenvalue weighted by Gasteiger charge is 2.14. The minimum absolute atomic E-state index is 0.0331. The van der Waals surface area contributed by atoms with E-state index in [1.54, 1.807) is 6.92 Å². The first-order valence-electron chi connectivity index (χ1n) is 9.07. The lowest BCUT2D eigenvalue weighted by molar-refractivity contribution is -0.143. The van der Waals surface area contributed by atoms with Gasteiger partial charge in [-0.05, 0) is 24.6 Å². The van der Waals surface area contributed by atoms with Gasteiger partial charge in [-0.15, -0.1) is 0 Å². The number of fused-ring (bicyclic) bond motifs is 1. The van der Waals surface area contributed by atoms with Gasteiger partial charge in [0.15, 0.2) is 0 Å². The summed E-state index contributed by atoms with van der Waals surface area (Å²) in [4.78, 5) is 28.7. The second-order valence-electron chi connectivity index (χ2n) is 6.17. The van der Waals surface area contributed by atoms with Crippen LogP contribution in [0.25, 0.3) is 11.0 Å². The summed E-state index contributed by atoms with van der Waals surface area (Å²) in [6.07, 6.45) is 0.884. The van der Waals surface area contributed by atoms with Crippen molar-refractivity contribution in [3.8, 4) is 0 Å². The number of hydrogen-bond acceptors (Lipinski definition) is 4. The highest BCUT2D eigenvalue weighted by atomic mass is 16.5. The van der Waals surface area contributed by atoms with Crippen LogP contribution in [0, 0.1) is 0 Å². The number of hydrogen-bond donors (Lipinski definition) is 1. The van der Waals surface area contributed by atoms with Gasteiger partial charge < -0.3 is 14.6 Å². The smallest absolute Gasteiger partial charge is 0.326 e. The molecule has 140 valence electrons. The molecule has 1 heterocycles. The lowest BCUT2D eigenvalue weighted by atomic mass is 10.1. The van der Waals surface area contributed by atoms with E-state index in [-0.39, 0.29) is 18.4 Å². The summed E-state index contributed by atoms with van der Waals surface area (Å²) in [7, 11) is 0. The second kappa shape index (κ2) is 8.98. The normalized spacial score (nSPS) is 10.7. The fourth-order valence-corrected chi connectivity index (χ4v) is 2.99. The number of carbonyl (C=O) groups is 2. The van der Waals surface area contributed by atoms with Crippen molar-refractivity contribution in [3.05, 3.63) is 66.0 Å². The average Bonchev–Trinajstić information content (AvgIpc) is 3.00. The van der Waals surface area contributed by atoms with Gasteiger partial charge in [-0.25, -0.2) is 4.98 Å². The second-order valence-corrected chi connectivity index (χ2v) is 6.17. The number of amides is 1. The maximum atomic E-state index is 12.1. The number of aromatic nitrogens is 2. The molecule has 0 aliphatic rings. The van der Waals surface area contributed by atoms with Gasteiger partial charge in [-0.3, -0.25) is 9.59 Å². The molecule has 0 unspecified atom stereocenters. The Balaban J connectivity index is 1.65. The van der Waals surface area contributed by atoms with Gasteiger partial charge in [-0.1, -0.05) is 42.5 Å². The third kappa shape index (κ3) is 4.94. The van der Waals surface area contributed by atoms with Crippen molar-refractivity contribution >= 4 is 22.9 Å². The van der Waals surface area contributed by atoms with E-state index in [0.29, 0.717) is 26.0 Å². The summed E-state index contributed by atoms with van der Waals surface area (Å²) < 4.78 is 6.93. The number of rotatable bonds is 8. The van der Waals surface area contributed by atoms with E-state index in [4.69, 9.17) is 4.74 Å².